The average molecular weight is 213 g/mol. The summed E-state index contributed by atoms with van der Waals surface area (Å²) in [5, 5.41) is 3.36. The van der Waals surface area contributed by atoms with Crippen LogP contribution in [-0.2, 0) is 9.53 Å². The van der Waals surface area contributed by atoms with Gasteiger partial charge in [-0.1, -0.05) is 20.8 Å². The highest BCUT2D eigenvalue weighted by molar-refractivity contribution is 5.80. The predicted octanol–water partition coefficient (Wildman–Crippen LogP) is 1.97. The van der Waals surface area contributed by atoms with Gasteiger partial charge in [-0.25, -0.2) is 0 Å². The van der Waals surface area contributed by atoms with E-state index in [2.05, 4.69) is 26.1 Å². The molecule has 0 heterocycles. The van der Waals surface area contributed by atoms with Gasteiger partial charge < -0.3 is 10.1 Å². The summed E-state index contributed by atoms with van der Waals surface area (Å²) in [6.07, 6.45) is 3.08. The van der Waals surface area contributed by atoms with Crippen LogP contribution in [0.3, 0.4) is 0 Å². The van der Waals surface area contributed by atoms with Crippen molar-refractivity contribution in [3.63, 3.8) is 0 Å². The number of ether oxygens (including phenoxy) is 1. The molecule has 3 heteroatoms. The Morgan fingerprint density at radius 3 is 2.40 bits per heavy atom. The van der Waals surface area contributed by atoms with E-state index in [1.165, 1.54) is 7.11 Å². The van der Waals surface area contributed by atoms with Crippen LogP contribution in [0.5, 0.6) is 0 Å². The molecule has 88 valence electrons. The zero-order valence-electron chi connectivity index (χ0n) is 10.4. The SMILES string of the molecule is COC(=O)C1(CNCCC(C)(C)C)CC1. The number of carbonyl (C=O) groups is 1. The molecule has 3 nitrogen and oxygen atoms in total. The predicted molar refractivity (Wildman–Crippen MR) is 60.6 cm³/mol. The molecule has 0 aliphatic heterocycles. The summed E-state index contributed by atoms with van der Waals surface area (Å²) in [5.74, 6) is -0.0502. The smallest absolute Gasteiger partial charge is 0.313 e. The van der Waals surface area contributed by atoms with E-state index in [9.17, 15) is 4.79 Å². The maximum atomic E-state index is 11.4. The number of hydrogen-bond acceptors (Lipinski definition) is 3. The van der Waals surface area contributed by atoms with Crippen molar-refractivity contribution in [1.82, 2.24) is 5.32 Å². The summed E-state index contributed by atoms with van der Waals surface area (Å²) < 4.78 is 4.80. The molecule has 1 rings (SSSR count). The normalized spacial score (nSPS) is 18.7. The van der Waals surface area contributed by atoms with E-state index in [0.29, 0.717) is 5.41 Å². The molecule has 0 unspecified atom stereocenters. The molecule has 0 atom stereocenters. The number of esters is 1. The fraction of sp³-hybridized carbons (Fsp3) is 0.917. The molecule has 0 amide bonds. The lowest BCUT2D eigenvalue weighted by Gasteiger charge is -2.19. The van der Waals surface area contributed by atoms with Crippen molar-refractivity contribution in [2.24, 2.45) is 10.8 Å². The highest BCUT2D eigenvalue weighted by atomic mass is 16.5. The van der Waals surface area contributed by atoms with Gasteiger partial charge in [-0.05, 0) is 31.2 Å². The van der Waals surface area contributed by atoms with Gasteiger partial charge in [0, 0.05) is 6.54 Å². The van der Waals surface area contributed by atoms with Crippen LogP contribution >= 0.6 is 0 Å². The lowest BCUT2D eigenvalue weighted by Crippen LogP contribution is -2.32. The summed E-state index contributed by atoms with van der Waals surface area (Å²) in [6, 6.07) is 0. The minimum absolute atomic E-state index is 0.0502. The van der Waals surface area contributed by atoms with Crippen molar-refractivity contribution in [2.45, 2.75) is 40.0 Å². The van der Waals surface area contributed by atoms with Gasteiger partial charge in [0.2, 0.25) is 0 Å². The first-order valence-electron chi connectivity index (χ1n) is 5.69. The Hall–Kier alpha value is -0.570. The zero-order chi connectivity index (χ0) is 11.5. The van der Waals surface area contributed by atoms with Gasteiger partial charge in [0.1, 0.15) is 0 Å². The number of rotatable bonds is 5. The summed E-state index contributed by atoms with van der Waals surface area (Å²) in [4.78, 5) is 11.4. The number of nitrogens with one attached hydrogen (secondary N) is 1. The Balaban J connectivity index is 2.18. The topological polar surface area (TPSA) is 38.3 Å². The standard InChI is InChI=1S/C12H23NO2/c1-11(2,3)7-8-13-9-12(5-6-12)10(14)15-4/h13H,5-9H2,1-4H3. The van der Waals surface area contributed by atoms with E-state index < -0.39 is 0 Å². The monoisotopic (exact) mass is 213 g/mol. The van der Waals surface area contributed by atoms with Crippen molar-refractivity contribution < 1.29 is 9.53 Å². The second-order valence-electron chi connectivity index (χ2n) is 5.76. The maximum Gasteiger partial charge on any atom is 0.313 e. The van der Waals surface area contributed by atoms with Crippen LogP contribution < -0.4 is 5.32 Å². The van der Waals surface area contributed by atoms with E-state index in [4.69, 9.17) is 4.74 Å². The molecule has 1 aliphatic rings. The minimum Gasteiger partial charge on any atom is -0.469 e. The van der Waals surface area contributed by atoms with Crippen molar-refractivity contribution in [3.8, 4) is 0 Å². The van der Waals surface area contributed by atoms with Crippen LogP contribution in [0.1, 0.15) is 40.0 Å². The minimum atomic E-state index is -0.188. The molecule has 0 saturated heterocycles. The van der Waals surface area contributed by atoms with Gasteiger partial charge in [0.25, 0.3) is 0 Å². The molecular weight excluding hydrogens is 190 g/mol. The van der Waals surface area contributed by atoms with Gasteiger partial charge in [0.15, 0.2) is 0 Å². The van der Waals surface area contributed by atoms with Gasteiger partial charge in [-0.2, -0.15) is 0 Å². The quantitative estimate of drug-likeness (QED) is 0.560. The molecule has 0 aromatic carbocycles. The van der Waals surface area contributed by atoms with Gasteiger partial charge in [-0.15, -0.1) is 0 Å². The molecular formula is C12H23NO2. The molecule has 0 bridgehead atoms. The van der Waals surface area contributed by atoms with Gasteiger partial charge >= 0.3 is 5.97 Å². The molecule has 0 aromatic rings. The Morgan fingerprint density at radius 1 is 1.40 bits per heavy atom. The summed E-state index contributed by atoms with van der Waals surface area (Å²) in [6.45, 7) is 8.42. The van der Waals surface area contributed by atoms with Crippen molar-refractivity contribution in [1.29, 1.82) is 0 Å². The van der Waals surface area contributed by atoms with Crippen molar-refractivity contribution >= 4 is 5.97 Å². The van der Waals surface area contributed by atoms with Gasteiger partial charge in [-0.3, -0.25) is 4.79 Å². The van der Waals surface area contributed by atoms with Crippen LogP contribution in [0.25, 0.3) is 0 Å². The third kappa shape index (κ3) is 3.82. The van der Waals surface area contributed by atoms with E-state index >= 15 is 0 Å². The van der Waals surface area contributed by atoms with Crippen LogP contribution in [0.2, 0.25) is 0 Å². The second kappa shape index (κ2) is 4.52. The Morgan fingerprint density at radius 2 is 2.00 bits per heavy atom. The third-order valence-corrected chi connectivity index (χ3v) is 2.99. The maximum absolute atomic E-state index is 11.4. The lowest BCUT2D eigenvalue weighted by atomic mass is 9.92. The largest absolute Gasteiger partial charge is 0.469 e. The fourth-order valence-electron chi connectivity index (χ4n) is 1.61. The van der Waals surface area contributed by atoms with Crippen LogP contribution in [0.4, 0.5) is 0 Å². The zero-order valence-corrected chi connectivity index (χ0v) is 10.4. The fourth-order valence-corrected chi connectivity index (χ4v) is 1.61. The van der Waals surface area contributed by atoms with Crippen LogP contribution in [0, 0.1) is 10.8 Å². The molecule has 0 aromatic heterocycles. The van der Waals surface area contributed by atoms with E-state index in [0.717, 1.165) is 32.4 Å². The Labute approximate surface area is 92.6 Å². The van der Waals surface area contributed by atoms with E-state index in [1.54, 1.807) is 0 Å². The summed E-state index contributed by atoms with van der Waals surface area (Å²) >= 11 is 0. The molecule has 1 fully saturated rings. The molecule has 1 N–H and O–H groups in total. The van der Waals surface area contributed by atoms with Crippen molar-refractivity contribution in [2.75, 3.05) is 20.2 Å². The molecule has 1 aliphatic carbocycles. The highest BCUT2D eigenvalue weighted by Crippen LogP contribution is 2.46. The summed E-state index contributed by atoms with van der Waals surface area (Å²) in [5.41, 5.74) is 0.168. The second-order valence-corrected chi connectivity index (χ2v) is 5.76. The first-order valence-corrected chi connectivity index (χ1v) is 5.69. The highest BCUT2D eigenvalue weighted by Gasteiger charge is 2.50. The molecule has 15 heavy (non-hydrogen) atoms. The Kier molecular flexibility index (Phi) is 3.77. The first kappa shape index (κ1) is 12.5. The molecule has 0 spiro atoms. The average Bonchev–Trinajstić information content (AvgIpc) is 2.91. The number of methoxy groups -OCH3 is 1. The van der Waals surface area contributed by atoms with Crippen LogP contribution in [0.15, 0.2) is 0 Å². The van der Waals surface area contributed by atoms with Crippen LogP contribution in [-0.4, -0.2) is 26.2 Å². The third-order valence-electron chi connectivity index (χ3n) is 2.99. The van der Waals surface area contributed by atoms with E-state index in [-0.39, 0.29) is 11.4 Å². The molecule has 0 radical (unpaired) electrons. The van der Waals surface area contributed by atoms with Crippen molar-refractivity contribution in [3.05, 3.63) is 0 Å². The first-order chi connectivity index (χ1) is 6.90. The lowest BCUT2D eigenvalue weighted by molar-refractivity contribution is -0.146. The number of carbonyl (C=O) groups excluding carboxylic acids is 1. The number of hydrogen-bond donors (Lipinski definition) is 1. The van der Waals surface area contributed by atoms with Gasteiger partial charge in [0.05, 0.1) is 12.5 Å². The van der Waals surface area contributed by atoms with E-state index in [1.807, 2.05) is 0 Å². The summed E-state index contributed by atoms with van der Waals surface area (Å²) in [7, 11) is 1.47. The Bertz CT molecular complexity index is 226. The molecule has 1 saturated carbocycles.